The van der Waals surface area contributed by atoms with Crippen molar-refractivity contribution in [1.29, 1.82) is 0 Å². The first-order chi connectivity index (χ1) is 11.9. The molecule has 0 saturated heterocycles. The fourth-order valence-electron chi connectivity index (χ4n) is 2.81. The molecule has 4 nitrogen and oxygen atoms in total. The van der Waals surface area contributed by atoms with E-state index in [9.17, 15) is 3.89 Å². The maximum atomic E-state index is 10.1. The summed E-state index contributed by atoms with van der Waals surface area (Å²) in [4.78, 5) is 0. The number of hydrogen-bond acceptors (Lipinski definition) is 3. The summed E-state index contributed by atoms with van der Waals surface area (Å²) in [5.41, 5.74) is 5.49. The van der Waals surface area contributed by atoms with Crippen LogP contribution in [0.5, 0.6) is 0 Å². The predicted octanol–water partition coefficient (Wildman–Crippen LogP) is 3.12. The van der Waals surface area contributed by atoms with Crippen LogP contribution in [-0.2, 0) is 10.5 Å². The van der Waals surface area contributed by atoms with Crippen molar-refractivity contribution in [2.24, 2.45) is 0 Å². The Balaban J connectivity index is 0.000000399. The van der Waals surface area contributed by atoms with Crippen molar-refractivity contribution in [3.63, 3.8) is 0 Å². The molecule has 0 atom stereocenters. The maximum absolute atomic E-state index is 10.1. The highest BCUT2D eigenvalue weighted by Crippen LogP contribution is 2.34. The second kappa shape index (κ2) is 8.18. The second-order valence-electron chi connectivity index (χ2n) is 5.40. The number of halogens is 1. The van der Waals surface area contributed by atoms with Gasteiger partial charge in [-0.2, -0.15) is 0 Å². The van der Waals surface area contributed by atoms with Crippen molar-refractivity contribution in [2.75, 3.05) is 13.1 Å². The lowest BCUT2D eigenvalue weighted by atomic mass is 10.1. The normalized spacial score (nSPS) is 11.0. The summed E-state index contributed by atoms with van der Waals surface area (Å²) in [5.74, 6) is 0. The molecular weight excluding hydrogens is 341 g/mol. The second-order valence-corrected chi connectivity index (χ2v) is 6.18. The van der Waals surface area contributed by atoms with E-state index < -0.39 is 10.5 Å². The minimum absolute atomic E-state index is 1.05. The monoisotopic (exact) mass is 361 g/mol. The Labute approximate surface area is 147 Å². The molecular formula is C19H20FNO3S. The van der Waals surface area contributed by atoms with Gasteiger partial charge < -0.3 is 4.55 Å². The van der Waals surface area contributed by atoms with Gasteiger partial charge in [0.2, 0.25) is 5.36 Å². The van der Waals surface area contributed by atoms with Crippen LogP contribution in [0, 0.1) is 0 Å². The zero-order valence-corrected chi connectivity index (χ0v) is 15.0. The van der Waals surface area contributed by atoms with Crippen LogP contribution in [0.15, 0.2) is 60.7 Å². The molecule has 0 saturated carbocycles. The molecule has 0 radical (unpaired) electrons. The number of nitrogens with zero attached hydrogens (tertiary/aromatic N) is 1. The van der Waals surface area contributed by atoms with Gasteiger partial charge in [0, 0.05) is 0 Å². The molecule has 0 fully saturated rings. The summed E-state index contributed by atoms with van der Waals surface area (Å²) in [5, 5.41) is 1.42. The first-order valence-electron chi connectivity index (χ1n) is 8.00. The summed E-state index contributed by atoms with van der Waals surface area (Å²) >= 11 is 0. The third-order valence-electron chi connectivity index (χ3n) is 3.87. The van der Waals surface area contributed by atoms with E-state index in [1.807, 2.05) is 0 Å². The third kappa shape index (κ3) is 5.34. The minimum Gasteiger partial charge on any atom is -0.722 e. The Hall–Kier alpha value is -2.31. The lowest BCUT2D eigenvalue weighted by Crippen LogP contribution is -2.24. The van der Waals surface area contributed by atoms with Crippen LogP contribution in [0.3, 0.4) is 0 Å². The van der Waals surface area contributed by atoms with Gasteiger partial charge in [-0.25, -0.2) is 13.0 Å². The molecule has 0 aliphatic heterocycles. The van der Waals surface area contributed by atoms with E-state index in [1.54, 1.807) is 0 Å². The van der Waals surface area contributed by atoms with Gasteiger partial charge in [0.05, 0.1) is 11.1 Å². The molecule has 0 N–H and O–H groups in total. The van der Waals surface area contributed by atoms with Crippen molar-refractivity contribution in [3.05, 3.63) is 66.0 Å². The van der Waals surface area contributed by atoms with Gasteiger partial charge >= 0.3 is 0 Å². The van der Waals surface area contributed by atoms with Gasteiger partial charge in [0.25, 0.3) is 10.5 Å². The van der Waals surface area contributed by atoms with Crippen LogP contribution < -0.4 is 9.93 Å². The van der Waals surface area contributed by atoms with Crippen LogP contribution in [0.2, 0.25) is 0 Å². The zero-order chi connectivity index (χ0) is 18.4. The van der Waals surface area contributed by atoms with E-state index in [4.69, 9.17) is 13.0 Å². The van der Waals surface area contributed by atoms with Gasteiger partial charge in [-0.1, -0.05) is 60.7 Å². The summed E-state index contributed by atoms with van der Waals surface area (Å²) in [6, 6.07) is 21.4. The summed E-state index contributed by atoms with van der Waals surface area (Å²) in [6.07, 6.45) is 0. The smallest absolute Gasteiger partial charge is 0.255 e. The van der Waals surface area contributed by atoms with Crippen LogP contribution in [-0.4, -0.2) is 26.1 Å². The Kier molecular flexibility index (Phi) is 6.22. The summed E-state index contributed by atoms with van der Waals surface area (Å²) < 4.78 is 37.8. The lowest BCUT2D eigenvalue weighted by molar-refractivity contribution is 0.417. The topological polar surface area (TPSA) is 60.2 Å². The van der Waals surface area contributed by atoms with Crippen molar-refractivity contribution in [3.8, 4) is 22.3 Å². The largest absolute Gasteiger partial charge is 0.722 e. The Morgan fingerprint density at radius 3 is 1.44 bits per heavy atom. The average Bonchev–Trinajstić information content (AvgIpc) is 3.31. The SMILES string of the molecule is CC[N+](CC)=c1c(-c2ccccc2)c1-c1ccccc1.O=S(=O)([O-])F. The molecule has 3 rings (SSSR count). The molecule has 0 bridgehead atoms. The molecule has 0 amide bonds. The molecule has 132 valence electrons. The van der Waals surface area contributed by atoms with E-state index in [2.05, 4.69) is 79.1 Å². The van der Waals surface area contributed by atoms with Crippen LogP contribution >= 0.6 is 0 Å². The molecule has 0 unspecified atom stereocenters. The van der Waals surface area contributed by atoms with Crippen molar-refractivity contribution in [2.45, 2.75) is 13.8 Å². The molecule has 3 aromatic carbocycles. The molecule has 3 aromatic rings. The quantitative estimate of drug-likeness (QED) is 0.407. The highest BCUT2D eigenvalue weighted by molar-refractivity contribution is 7.80. The van der Waals surface area contributed by atoms with Gasteiger partial charge in [-0.3, -0.25) is 0 Å². The highest BCUT2D eigenvalue weighted by atomic mass is 32.3. The van der Waals surface area contributed by atoms with Crippen LogP contribution in [0.4, 0.5) is 3.89 Å². The Bertz CT molecular complexity index is 873. The first kappa shape index (κ1) is 19.0. The fourth-order valence-corrected chi connectivity index (χ4v) is 2.81. The predicted molar refractivity (Wildman–Crippen MR) is 96.8 cm³/mol. The molecule has 0 heterocycles. The molecule has 0 aromatic heterocycles. The third-order valence-corrected chi connectivity index (χ3v) is 3.87. The van der Waals surface area contributed by atoms with Gasteiger partial charge in [0.1, 0.15) is 13.1 Å². The standard InChI is InChI=1S/C19H20N.FHO3S/c1-3-20(4-2)19-17(15-11-7-5-8-12-15)18(19)16-13-9-6-10-14-16;1-5(2,3)4/h5-14H,3-4H2,1-2H3;(H,2,3,4)/q+1;/p-1. The van der Waals surface area contributed by atoms with Crippen molar-refractivity contribution in [1.82, 2.24) is 4.58 Å². The van der Waals surface area contributed by atoms with Crippen molar-refractivity contribution >= 4 is 10.5 Å². The molecule has 6 heteroatoms. The van der Waals surface area contributed by atoms with E-state index >= 15 is 0 Å². The maximum Gasteiger partial charge on any atom is 0.255 e. The number of hydrogen-bond donors (Lipinski definition) is 0. The lowest BCUT2D eigenvalue weighted by Gasteiger charge is -1.91. The fraction of sp³-hybridized carbons (Fsp3) is 0.211. The Morgan fingerprint density at radius 2 is 1.16 bits per heavy atom. The Morgan fingerprint density at radius 1 is 0.840 bits per heavy atom. The van der Waals surface area contributed by atoms with Crippen LogP contribution in [0.25, 0.3) is 22.3 Å². The highest BCUT2D eigenvalue weighted by Gasteiger charge is 2.30. The van der Waals surface area contributed by atoms with E-state index in [1.165, 1.54) is 27.6 Å². The van der Waals surface area contributed by atoms with Gasteiger partial charge in [-0.05, 0) is 25.0 Å². The summed E-state index contributed by atoms with van der Waals surface area (Å²) in [6.45, 7) is 6.55. The summed E-state index contributed by atoms with van der Waals surface area (Å²) in [7, 11) is -5.42. The van der Waals surface area contributed by atoms with E-state index in [-0.39, 0.29) is 0 Å². The van der Waals surface area contributed by atoms with E-state index in [0.717, 1.165) is 13.1 Å². The van der Waals surface area contributed by atoms with Crippen molar-refractivity contribution < 1.29 is 16.9 Å². The van der Waals surface area contributed by atoms with Gasteiger partial charge in [0.15, 0.2) is 0 Å². The number of benzene rings is 2. The minimum atomic E-state index is -5.42. The van der Waals surface area contributed by atoms with E-state index in [0.29, 0.717) is 0 Å². The van der Waals surface area contributed by atoms with Crippen LogP contribution in [0.1, 0.15) is 13.8 Å². The van der Waals surface area contributed by atoms with Gasteiger partial charge in [-0.15, -0.1) is 3.89 Å². The molecule has 0 spiro atoms. The first-order valence-corrected chi connectivity index (χ1v) is 9.30. The number of rotatable bonds is 4. The molecule has 0 aliphatic rings. The molecule has 0 aliphatic carbocycles. The molecule has 25 heavy (non-hydrogen) atoms. The zero-order valence-electron chi connectivity index (χ0n) is 14.1. The average molecular weight is 361 g/mol.